The SMILES string of the molecule is CCNC(=NCc1ccc(N2CC=CC2)cc1)NCCCOCC.I. The maximum Gasteiger partial charge on any atom is 0.191 e. The Kier molecular flexibility index (Phi) is 11.3. The van der Waals surface area contributed by atoms with E-state index in [9.17, 15) is 0 Å². The topological polar surface area (TPSA) is 48.9 Å². The van der Waals surface area contributed by atoms with Gasteiger partial charge in [-0.15, -0.1) is 24.0 Å². The Balaban J connectivity index is 0.00000312. The summed E-state index contributed by atoms with van der Waals surface area (Å²) in [6.07, 6.45) is 5.40. The summed E-state index contributed by atoms with van der Waals surface area (Å²) in [7, 11) is 0. The van der Waals surface area contributed by atoms with Crippen molar-refractivity contribution < 1.29 is 4.74 Å². The summed E-state index contributed by atoms with van der Waals surface area (Å²) in [4.78, 5) is 7.00. The molecule has 1 aromatic rings. The van der Waals surface area contributed by atoms with E-state index in [1.54, 1.807) is 0 Å². The van der Waals surface area contributed by atoms with E-state index >= 15 is 0 Å². The van der Waals surface area contributed by atoms with Gasteiger partial charge in [0.2, 0.25) is 0 Å². The highest BCUT2D eigenvalue weighted by molar-refractivity contribution is 14.0. The van der Waals surface area contributed by atoms with Crippen LogP contribution in [-0.2, 0) is 11.3 Å². The van der Waals surface area contributed by atoms with E-state index in [1.165, 1.54) is 11.3 Å². The van der Waals surface area contributed by atoms with Gasteiger partial charge < -0.3 is 20.3 Å². The molecule has 1 aromatic carbocycles. The van der Waals surface area contributed by atoms with Crippen LogP contribution in [0, 0.1) is 0 Å². The first-order chi connectivity index (χ1) is 11.8. The Labute approximate surface area is 168 Å². The highest BCUT2D eigenvalue weighted by atomic mass is 127. The van der Waals surface area contributed by atoms with Crippen LogP contribution in [0.15, 0.2) is 41.4 Å². The second kappa shape index (κ2) is 13.0. The molecule has 2 N–H and O–H groups in total. The monoisotopic (exact) mass is 458 g/mol. The Morgan fingerprint density at radius 1 is 1.12 bits per heavy atom. The van der Waals surface area contributed by atoms with Gasteiger partial charge >= 0.3 is 0 Å². The number of rotatable bonds is 9. The maximum atomic E-state index is 5.35. The Morgan fingerprint density at radius 3 is 2.48 bits per heavy atom. The molecule has 25 heavy (non-hydrogen) atoms. The summed E-state index contributed by atoms with van der Waals surface area (Å²) < 4.78 is 5.35. The van der Waals surface area contributed by atoms with Gasteiger partial charge in [-0.3, -0.25) is 0 Å². The highest BCUT2D eigenvalue weighted by Gasteiger charge is 2.06. The minimum absolute atomic E-state index is 0. The number of aliphatic imine (C=N–C) groups is 1. The number of guanidine groups is 1. The van der Waals surface area contributed by atoms with Crippen molar-refractivity contribution in [3.8, 4) is 0 Å². The summed E-state index contributed by atoms with van der Waals surface area (Å²) in [6.45, 7) is 10.1. The summed E-state index contributed by atoms with van der Waals surface area (Å²) in [5.41, 5.74) is 2.49. The molecule has 0 atom stereocenters. The molecule has 1 heterocycles. The quantitative estimate of drug-likeness (QED) is 0.196. The molecular weight excluding hydrogens is 427 g/mol. The molecule has 0 saturated carbocycles. The molecule has 0 saturated heterocycles. The molecular formula is C19H31IN4O. The van der Waals surface area contributed by atoms with Gasteiger partial charge in [0.05, 0.1) is 6.54 Å². The van der Waals surface area contributed by atoms with Crippen molar-refractivity contribution in [3.63, 3.8) is 0 Å². The molecule has 0 radical (unpaired) electrons. The molecule has 0 fully saturated rings. The van der Waals surface area contributed by atoms with E-state index < -0.39 is 0 Å². The van der Waals surface area contributed by atoms with Gasteiger partial charge in [-0.25, -0.2) is 4.99 Å². The molecule has 0 bridgehead atoms. The molecule has 0 amide bonds. The maximum absolute atomic E-state index is 5.35. The largest absolute Gasteiger partial charge is 0.382 e. The first-order valence-corrected chi connectivity index (χ1v) is 8.92. The van der Waals surface area contributed by atoms with Crippen molar-refractivity contribution in [1.82, 2.24) is 10.6 Å². The van der Waals surface area contributed by atoms with Crippen LogP contribution in [0.1, 0.15) is 25.8 Å². The van der Waals surface area contributed by atoms with Gasteiger partial charge in [0.1, 0.15) is 0 Å². The molecule has 0 unspecified atom stereocenters. The number of benzene rings is 1. The van der Waals surface area contributed by atoms with Gasteiger partial charge in [-0.1, -0.05) is 24.3 Å². The summed E-state index contributed by atoms with van der Waals surface area (Å²) >= 11 is 0. The third-order valence-electron chi connectivity index (χ3n) is 3.85. The van der Waals surface area contributed by atoms with E-state index in [-0.39, 0.29) is 24.0 Å². The van der Waals surface area contributed by atoms with E-state index in [4.69, 9.17) is 4.74 Å². The van der Waals surface area contributed by atoms with E-state index in [0.717, 1.165) is 51.8 Å². The van der Waals surface area contributed by atoms with E-state index in [0.29, 0.717) is 6.54 Å². The molecule has 1 aliphatic heterocycles. The van der Waals surface area contributed by atoms with Crippen LogP contribution in [0.4, 0.5) is 5.69 Å². The van der Waals surface area contributed by atoms with Gasteiger partial charge in [0.25, 0.3) is 0 Å². The van der Waals surface area contributed by atoms with Crippen molar-refractivity contribution in [2.24, 2.45) is 4.99 Å². The number of anilines is 1. The standard InChI is InChI=1S/C19H30N4O.HI/c1-3-20-19(21-12-7-15-24-4-2)22-16-17-8-10-18(11-9-17)23-13-5-6-14-23;/h5-6,8-11H,3-4,7,12-16H2,1-2H3,(H2,20,21,22);1H. The van der Waals surface area contributed by atoms with Gasteiger partial charge in [0.15, 0.2) is 5.96 Å². The lowest BCUT2D eigenvalue weighted by Gasteiger charge is -2.17. The van der Waals surface area contributed by atoms with Crippen LogP contribution in [0.3, 0.4) is 0 Å². The zero-order chi connectivity index (χ0) is 17.0. The van der Waals surface area contributed by atoms with Crippen LogP contribution in [0.2, 0.25) is 0 Å². The Hall–Kier alpha value is -1.28. The molecule has 5 nitrogen and oxygen atoms in total. The smallest absolute Gasteiger partial charge is 0.191 e. The molecule has 140 valence electrons. The number of nitrogens with zero attached hydrogens (tertiary/aromatic N) is 2. The Morgan fingerprint density at radius 2 is 1.84 bits per heavy atom. The number of hydrogen-bond donors (Lipinski definition) is 2. The lowest BCUT2D eigenvalue weighted by atomic mass is 10.2. The lowest BCUT2D eigenvalue weighted by Crippen LogP contribution is -2.38. The molecule has 1 aliphatic rings. The van der Waals surface area contributed by atoms with Crippen molar-refractivity contribution in [1.29, 1.82) is 0 Å². The minimum Gasteiger partial charge on any atom is -0.382 e. The van der Waals surface area contributed by atoms with Crippen LogP contribution >= 0.6 is 24.0 Å². The van der Waals surface area contributed by atoms with E-state index in [1.807, 2.05) is 6.92 Å². The third-order valence-corrected chi connectivity index (χ3v) is 3.85. The van der Waals surface area contributed by atoms with E-state index in [2.05, 4.69) is 63.9 Å². The average Bonchev–Trinajstić information content (AvgIpc) is 3.14. The van der Waals surface area contributed by atoms with Gasteiger partial charge in [0, 0.05) is 45.1 Å². The zero-order valence-corrected chi connectivity index (χ0v) is 17.7. The highest BCUT2D eigenvalue weighted by Crippen LogP contribution is 2.17. The molecule has 2 rings (SSSR count). The number of ether oxygens (including phenoxy) is 1. The van der Waals surface area contributed by atoms with Crippen LogP contribution < -0.4 is 15.5 Å². The second-order valence-electron chi connectivity index (χ2n) is 5.72. The fraction of sp³-hybridized carbons (Fsp3) is 0.526. The number of hydrogen-bond acceptors (Lipinski definition) is 3. The van der Waals surface area contributed by atoms with Gasteiger partial charge in [-0.2, -0.15) is 0 Å². The Bertz CT molecular complexity index is 523. The first-order valence-electron chi connectivity index (χ1n) is 8.92. The fourth-order valence-corrected chi connectivity index (χ4v) is 2.54. The zero-order valence-electron chi connectivity index (χ0n) is 15.3. The van der Waals surface area contributed by atoms with Crippen LogP contribution in [-0.4, -0.2) is 45.4 Å². The van der Waals surface area contributed by atoms with Crippen molar-refractivity contribution in [2.45, 2.75) is 26.8 Å². The lowest BCUT2D eigenvalue weighted by molar-refractivity contribution is 0.145. The third kappa shape index (κ3) is 8.09. The molecule has 0 aliphatic carbocycles. The van der Waals surface area contributed by atoms with Gasteiger partial charge in [-0.05, 0) is 38.0 Å². The summed E-state index contributed by atoms with van der Waals surface area (Å²) in [6, 6.07) is 8.69. The molecule has 0 spiro atoms. The normalized spacial score (nSPS) is 13.7. The summed E-state index contributed by atoms with van der Waals surface area (Å²) in [5.74, 6) is 0.863. The number of halogens is 1. The van der Waals surface area contributed by atoms with Crippen LogP contribution in [0.5, 0.6) is 0 Å². The van der Waals surface area contributed by atoms with Crippen LogP contribution in [0.25, 0.3) is 0 Å². The van der Waals surface area contributed by atoms with Crippen molar-refractivity contribution in [3.05, 3.63) is 42.0 Å². The number of nitrogens with one attached hydrogen (secondary N) is 2. The minimum atomic E-state index is 0. The second-order valence-corrected chi connectivity index (χ2v) is 5.72. The molecule has 6 heteroatoms. The summed E-state index contributed by atoms with van der Waals surface area (Å²) in [5, 5.41) is 6.63. The molecule has 0 aromatic heterocycles. The fourth-order valence-electron chi connectivity index (χ4n) is 2.54. The first kappa shape index (κ1) is 21.8. The predicted molar refractivity (Wildman–Crippen MR) is 117 cm³/mol. The average molecular weight is 458 g/mol. The van der Waals surface area contributed by atoms with Crippen molar-refractivity contribution in [2.75, 3.05) is 44.3 Å². The predicted octanol–water partition coefficient (Wildman–Crippen LogP) is 3.16. The van der Waals surface area contributed by atoms with Crippen molar-refractivity contribution >= 4 is 35.6 Å².